The fraction of sp³-hybridized carbons (Fsp3) is 0. The minimum atomic E-state index is 0.932. The second-order valence-corrected chi connectivity index (χ2v) is 13.9. The molecule has 0 saturated carbocycles. The predicted molar refractivity (Wildman–Crippen MR) is 218 cm³/mol. The molecule has 2 heterocycles. The van der Waals surface area contributed by atoms with Crippen molar-refractivity contribution in [3.8, 4) is 33.4 Å². The fourth-order valence-electron chi connectivity index (χ4n) is 7.42. The highest BCUT2D eigenvalue weighted by Gasteiger charge is 2.18. The van der Waals surface area contributed by atoms with Crippen LogP contribution in [0.15, 0.2) is 192 Å². The molecular weight excluding hydrogens is 639 g/mol. The van der Waals surface area contributed by atoms with Gasteiger partial charge in [-0.3, -0.25) is 0 Å². The summed E-state index contributed by atoms with van der Waals surface area (Å²) in [5.74, 6) is 0. The molecule has 0 atom stereocenters. The molecule has 10 aromatic rings. The summed E-state index contributed by atoms with van der Waals surface area (Å²) in [5.41, 5.74) is 12.4. The van der Waals surface area contributed by atoms with Crippen LogP contribution in [0.4, 0.5) is 17.1 Å². The molecule has 3 heteroatoms. The summed E-state index contributed by atoms with van der Waals surface area (Å²) < 4.78 is 8.81. The van der Waals surface area contributed by atoms with Gasteiger partial charge in [0, 0.05) is 48.0 Å². The van der Waals surface area contributed by atoms with Crippen LogP contribution in [0.5, 0.6) is 0 Å². The first kappa shape index (κ1) is 29.5. The largest absolute Gasteiger partial charge is 0.456 e. The lowest BCUT2D eigenvalue weighted by atomic mass is 10.0. The average Bonchev–Trinajstić information content (AvgIpc) is 3.78. The molecule has 8 aromatic carbocycles. The summed E-state index contributed by atoms with van der Waals surface area (Å²) in [6.45, 7) is 0. The van der Waals surface area contributed by atoms with Crippen LogP contribution >= 0.6 is 11.3 Å². The Labute approximate surface area is 300 Å². The Kier molecular flexibility index (Phi) is 7.04. The van der Waals surface area contributed by atoms with Gasteiger partial charge >= 0.3 is 0 Å². The normalized spacial score (nSPS) is 11.5. The molecule has 0 radical (unpaired) electrons. The number of benzene rings is 8. The lowest BCUT2D eigenvalue weighted by Crippen LogP contribution is -2.10. The van der Waals surface area contributed by atoms with Crippen LogP contribution in [-0.2, 0) is 0 Å². The third-order valence-corrected chi connectivity index (χ3v) is 11.2. The van der Waals surface area contributed by atoms with Crippen molar-refractivity contribution in [1.29, 1.82) is 0 Å². The van der Waals surface area contributed by atoms with Gasteiger partial charge < -0.3 is 9.32 Å². The Bertz CT molecular complexity index is 2830. The van der Waals surface area contributed by atoms with Crippen LogP contribution in [-0.4, -0.2) is 0 Å². The molecule has 0 aliphatic carbocycles. The van der Waals surface area contributed by atoms with E-state index in [2.05, 4.69) is 187 Å². The molecule has 0 spiro atoms. The summed E-state index contributed by atoms with van der Waals surface area (Å²) in [5, 5.41) is 4.93. The van der Waals surface area contributed by atoms with E-state index in [1.807, 2.05) is 17.4 Å². The fourth-order valence-corrected chi connectivity index (χ4v) is 8.81. The van der Waals surface area contributed by atoms with Crippen molar-refractivity contribution in [2.24, 2.45) is 0 Å². The van der Waals surface area contributed by atoms with E-state index in [0.717, 1.165) is 28.2 Å². The molecule has 0 N–H and O–H groups in total. The van der Waals surface area contributed by atoms with Gasteiger partial charge in [0.25, 0.3) is 0 Å². The minimum Gasteiger partial charge on any atom is -0.456 e. The van der Waals surface area contributed by atoms with Crippen LogP contribution in [0, 0.1) is 0 Å². The molecule has 0 bridgehead atoms. The maximum atomic E-state index is 6.24. The van der Waals surface area contributed by atoms with Gasteiger partial charge in [0.2, 0.25) is 0 Å². The molecule has 2 aromatic heterocycles. The third kappa shape index (κ3) is 5.10. The van der Waals surface area contributed by atoms with Crippen LogP contribution in [0.1, 0.15) is 0 Å². The number of rotatable bonds is 6. The molecule has 240 valence electrons. The molecule has 0 aliphatic rings. The Morgan fingerprint density at radius 1 is 0.353 bits per heavy atom. The number of para-hydroxylation sites is 1. The smallest absolute Gasteiger partial charge is 0.136 e. The summed E-state index contributed by atoms with van der Waals surface area (Å²) >= 11 is 1.86. The van der Waals surface area contributed by atoms with E-state index in [1.54, 1.807) is 0 Å². The van der Waals surface area contributed by atoms with Crippen molar-refractivity contribution < 1.29 is 4.42 Å². The second kappa shape index (κ2) is 12.2. The van der Waals surface area contributed by atoms with Gasteiger partial charge in [0.1, 0.15) is 11.2 Å². The molecule has 51 heavy (non-hydrogen) atoms. The van der Waals surface area contributed by atoms with E-state index in [0.29, 0.717) is 0 Å². The third-order valence-electron chi connectivity index (χ3n) is 9.89. The Morgan fingerprint density at radius 3 is 1.67 bits per heavy atom. The lowest BCUT2D eigenvalue weighted by Gasteiger charge is -2.26. The van der Waals surface area contributed by atoms with Crippen LogP contribution < -0.4 is 4.90 Å². The molecular formula is C48H31NOS. The number of anilines is 3. The number of hydrogen-bond acceptors (Lipinski definition) is 3. The van der Waals surface area contributed by atoms with Crippen molar-refractivity contribution >= 4 is 70.5 Å². The summed E-state index contributed by atoms with van der Waals surface area (Å²) in [6.07, 6.45) is 0. The quantitative estimate of drug-likeness (QED) is 0.175. The first-order valence-corrected chi connectivity index (χ1v) is 18.1. The summed E-state index contributed by atoms with van der Waals surface area (Å²) in [6, 6.07) is 67.3. The van der Waals surface area contributed by atoms with E-state index < -0.39 is 0 Å². The molecule has 10 rings (SSSR count). The van der Waals surface area contributed by atoms with Crippen molar-refractivity contribution in [2.75, 3.05) is 4.90 Å². The Balaban J connectivity index is 1.08. The SMILES string of the molecule is c1ccc(-c2ccc(N(c3ccc(-c4cccc5c4sc4c5ccc5oc6ccccc6c54)cc3)c3cccc(-c4ccccc4)c3)cc2)cc1. The monoisotopic (exact) mass is 669 g/mol. The highest BCUT2D eigenvalue weighted by molar-refractivity contribution is 7.27. The minimum absolute atomic E-state index is 0.932. The van der Waals surface area contributed by atoms with Crippen molar-refractivity contribution in [1.82, 2.24) is 0 Å². The van der Waals surface area contributed by atoms with Gasteiger partial charge in [-0.05, 0) is 88.0 Å². The zero-order chi connectivity index (χ0) is 33.7. The van der Waals surface area contributed by atoms with Crippen LogP contribution in [0.25, 0.3) is 75.5 Å². The zero-order valence-electron chi connectivity index (χ0n) is 27.7. The van der Waals surface area contributed by atoms with Gasteiger partial charge in [-0.1, -0.05) is 133 Å². The lowest BCUT2D eigenvalue weighted by molar-refractivity contribution is 0.669. The molecule has 0 unspecified atom stereocenters. The van der Waals surface area contributed by atoms with Gasteiger partial charge in [-0.2, -0.15) is 0 Å². The maximum Gasteiger partial charge on any atom is 0.136 e. The van der Waals surface area contributed by atoms with E-state index in [4.69, 9.17) is 4.42 Å². The first-order chi connectivity index (χ1) is 25.3. The van der Waals surface area contributed by atoms with Gasteiger partial charge in [-0.25, -0.2) is 0 Å². The Hall–Kier alpha value is -6.42. The number of furan rings is 1. The average molecular weight is 670 g/mol. The predicted octanol–water partition coefficient (Wildman–Crippen LogP) is 14.4. The maximum absolute atomic E-state index is 6.24. The van der Waals surface area contributed by atoms with Crippen LogP contribution in [0.2, 0.25) is 0 Å². The summed E-state index contributed by atoms with van der Waals surface area (Å²) in [7, 11) is 0. The van der Waals surface area contributed by atoms with Gasteiger partial charge in [0.15, 0.2) is 0 Å². The topological polar surface area (TPSA) is 16.4 Å². The molecule has 0 amide bonds. The highest BCUT2D eigenvalue weighted by atomic mass is 32.1. The zero-order valence-corrected chi connectivity index (χ0v) is 28.5. The van der Waals surface area contributed by atoms with Gasteiger partial charge in [-0.15, -0.1) is 11.3 Å². The van der Waals surface area contributed by atoms with Crippen molar-refractivity contribution in [2.45, 2.75) is 0 Å². The number of thiophene rings is 1. The molecule has 0 aliphatic heterocycles. The van der Waals surface area contributed by atoms with Crippen molar-refractivity contribution in [3.05, 3.63) is 188 Å². The first-order valence-electron chi connectivity index (χ1n) is 17.3. The van der Waals surface area contributed by atoms with Gasteiger partial charge in [0.05, 0.1) is 0 Å². The van der Waals surface area contributed by atoms with E-state index >= 15 is 0 Å². The number of fused-ring (bicyclic) bond motifs is 7. The Morgan fingerprint density at radius 2 is 0.922 bits per heavy atom. The molecule has 2 nitrogen and oxygen atoms in total. The van der Waals surface area contributed by atoms with E-state index in [1.165, 1.54) is 64.3 Å². The number of nitrogens with zero attached hydrogens (tertiary/aromatic N) is 1. The van der Waals surface area contributed by atoms with E-state index in [-0.39, 0.29) is 0 Å². The highest BCUT2D eigenvalue weighted by Crippen LogP contribution is 2.46. The van der Waals surface area contributed by atoms with Crippen LogP contribution in [0.3, 0.4) is 0 Å². The number of hydrogen-bond donors (Lipinski definition) is 0. The molecule has 0 fully saturated rings. The van der Waals surface area contributed by atoms with Crippen molar-refractivity contribution in [3.63, 3.8) is 0 Å². The second-order valence-electron chi connectivity index (χ2n) is 12.9. The molecule has 0 saturated heterocycles. The van der Waals surface area contributed by atoms with E-state index in [9.17, 15) is 0 Å². The summed E-state index contributed by atoms with van der Waals surface area (Å²) in [4.78, 5) is 2.35. The standard InChI is InChI=1S/C48H31NOS/c1-3-11-32(12-4-1)34-21-25-37(26-22-34)49(39-16-9-15-36(31-39)33-13-5-2-6-14-33)38-27-23-35(24-28-38)40-18-10-19-41-42-29-30-45-46(48(42)51-47(40)41)43-17-7-8-20-44(43)50-45/h1-31H.